The highest BCUT2D eigenvalue weighted by atomic mass is 32.2. The van der Waals surface area contributed by atoms with Gasteiger partial charge in [0.05, 0.1) is 12.7 Å². The molecule has 0 saturated carbocycles. The van der Waals surface area contributed by atoms with Gasteiger partial charge in [-0.3, -0.25) is 4.79 Å². The van der Waals surface area contributed by atoms with Crippen molar-refractivity contribution in [3.05, 3.63) is 23.8 Å². The molecule has 1 atom stereocenters. The first kappa shape index (κ1) is 13.7. The smallest absolute Gasteiger partial charge is 0.255 e. The first-order valence-corrected chi connectivity index (χ1v) is 6.64. The summed E-state index contributed by atoms with van der Waals surface area (Å²) in [7, 11) is 1.51. The van der Waals surface area contributed by atoms with E-state index in [-0.39, 0.29) is 23.3 Å². The predicted molar refractivity (Wildman–Crippen MR) is 70.0 cm³/mol. The summed E-state index contributed by atoms with van der Waals surface area (Å²) in [5.74, 6) is 1.02. The highest BCUT2D eigenvalue weighted by Gasteiger charge is 2.13. The van der Waals surface area contributed by atoms with Gasteiger partial charge in [-0.05, 0) is 25.3 Å². The zero-order valence-corrected chi connectivity index (χ0v) is 11.0. The molecule has 94 valence electrons. The van der Waals surface area contributed by atoms with Crippen LogP contribution < -0.4 is 10.1 Å². The molecule has 0 heterocycles. The zero-order chi connectivity index (χ0) is 12.8. The minimum Gasteiger partial charge on any atom is -0.507 e. The van der Waals surface area contributed by atoms with Crippen LogP contribution in [0, 0.1) is 0 Å². The number of hydrogen-bond donors (Lipinski definition) is 2. The van der Waals surface area contributed by atoms with Gasteiger partial charge in [0.1, 0.15) is 11.5 Å². The molecule has 1 aromatic rings. The number of phenols is 1. The fraction of sp³-hybridized carbons (Fsp3) is 0.417. The minimum atomic E-state index is -0.272. The summed E-state index contributed by atoms with van der Waals surface area (Å²) in [6, 6.07) is 4.69. The Labute approximate surface area is 105 Å². The van der Waals surface area contributed by atoms with Crippen LogP contribution in [0.1, 0.15) is 17.3 Å². The van der Waals surface area contributed by atoms with Crippen molar-refractivity contribution in [1.29, 1.82) is 0 Å². The molecule has 4 nitrogen and oxygen atoms in total. The Kier molecular flexibility index (Phi) is 5.15. The third-order valence-electron chi connectivity index (χ3n) is 2.24. The van der Waals surface area contributed by atoms with E-state index < -0.39 is 0 Å². The Balaban J connectivity index is 2.75. The number of aromatic hydroxyl groups is 1. The van der Waals surface area contributed by atoms with E-state index in [2.05, 4.69) is 5.32 Å². The number of benzene rings is 1. The molecule has 0 saturated heterocycles. The predicted octanol–water partition coefficient (Wildman–Crippen LogP) is 1.88. The second-order valence-corrected chi connectivity index (χ2v) is 4.62. The Hall–Kier alpha value is -1.36. The number of nitrogens with one attached hydrogen (secondary N) is 1. The van der Waals surface area contributed by atoms with Crippen LogP contribution in [0.3, 0.4) is 0 Å². The van der Waals surface area contributed by atoms with Gasteiger partial charge in [-0.15, -0.1) is 0 Å². The quantitative estimate of drug-likeness (QED) is 0.843. The summed E-state index contributed by atoms with van der Waals surface area (Å²) in [4.78, 5) is 11.8. The largest absolute Gasteiger partial charge is 0.507 e. The number of ether oxygens (including phenoxy) is 1. The molecule has 0 radical (unpaired) electrons. The fourth-order valence-electron chi connectivity index (χ4n) is 1.42. The second-order valence-electron chi connectivity index (χ2n) is 3.71. The molecule has 2 N–H and O–H groups in total. The first-order chi connectivity index (χ1) is 8.08. The Morgan fingerprint density at radius 2 is 2.29 bits per heavy atom. The summed E-state index contributed by atoms with van der Waals surface area (Å²) >= 11 is 1.66. The van der Waals surface area contributed by atoms with Gasteiger partial charge in [-0.25, -0.2) is 0 Å². The average molecular weight is 255 g/mol. The Bertz CT molecular complexity index is 395. The van der Waals surface area contributed by atoms with Crippen molar-refractivity contribution in [2.45, 2.75) is 13.0 Å². The van der Waals surface area contributed by atoms with Crippen molar-refractivity contribution in [2.24, 2.45) is 0 Å². The number of methoxy groups -OCH3 is 1. The highest BCUT2D eigenvalue weighted by molar-refractivity contribution is 7.98. The van der Waals surface area contributed by atoms with E-state index >= 15 is 0 Å². The molecule has 1 aromatic carbocycles. The van der Waals surface area contributed by atoms with Crippen LogP contribution in [-0.4, -0.2) is 36.2 Å². The molecule has 1 amide bonds. The van der Waals surface area contributed by atoms with Gasteiger partial charge in [-0.1, -0.05) is 0 Å². The topological polar surface area (TPSA) is 58.6 Å². The van der Waals surface area contributed by atoms with Crippen LogP contribution in [-0.2, 0) is 0 Å². The first-order valence-electron chi connectivity index (χ1n) is 5.25. The number of thioether (sulfide) groups is 1. The molecule has 17 heavy (non-hydrogen) atoms. The lowest BCUT2D eigenvalue weighted by molar-refractivity contribution is 0.0941. The number of amides is 1. The Morgan fingerprint density at radius 1 is 1.59 bits per heavy atom. The second kappa shape index (κ2) is 6.39. The molecule has 0 aliphatic rings. The highest BCUT2D eigenvalue weighted by Crippen LogP contribution is 2.23. The molecule has 0 bridgehead atoms. The molecule has 0 aliphatic carbocycles. The van der Waals surface area contributed by atoms with E-state index in [9.17, 15) is 9.90 Å². The minimum absolute atomic E-state index is 0.0685. The van der Waals surface area contributed by atoms with E-state index in [0.717, 1.165) is 5.75 Å². The van der Waals surface area contributed by atoms with Gasteiger partial charge in [-0.2, -0.15) is 11.8 Å². The van der Waals surface area contributed by atoms with Crippen LogP contribution in [0.5, 0.6) is 11.5 Å². The van der Waals surface area contributed by atoms with Crippen molar-refractivity contribution in [3.63, 3.8) is 0 Å². The van der Waals surface area contributed by atoms with E-state index in [1.807, 2.05) is 13.2 Å². The van der Waals surface area contributed by atoms with Crippen LogP contribution in [0.2, 0.25) is 0 Å². The molecule has 5 heteroatoms. The van der Waals surface area contributed by atoms with Gasteiger partial charge in [0.15, 0.2) is 0 Å². The lowest BCUT2D eigenvalue weighted by Crippen LogP contribution is -2.34. The van der Waals surface area contributed by atoms with Gasteiger partial charge >= 0.3 is 0 Å². The standard InChI is InChI=1S/C12H17NO3S/c1-8(7-17-3)13-12(15)10-5-4-9(16-2)6-11(10)14/h4-6,8,14H,7H2,1-3H3,(H,13,15). The average Bonchev–Trinajstić information content (AvgIpc) is 2.28. The maximum absolute atomic E-state index is 11.8. The Morgan fingerprint density at radius 3 is 2.82 bits per heavy atom. The summed E-state index contributed by atoms with van der Waals surface area (Å²) < 4.78 is 4.95. The number of rotatable bonds is 5. The van der Waals surface area contributed by atoms with Crippen LogP contribution in [0.25, 0.3) is 0 Å². The maximum Gasteiger partial charge on any atom is 0.255 e. The monoisotopic (exact) mass is 255 g/mol. The third-order valence-corrected chi connectivity index (χ3v) is 3.08. The van der Waals surface area contributed by atoms with Crippen molar-refractivity contribution in [3.8, 4) is 11.5 Å². The number of carbonyl (C=O) groups excluding carboxylic acids is 1. The van der Waals surface area contributed by atoms with Crippen molar-refractivity contribution in [2.75, 3.05) is 19.1 Å². The van der Waals surface area contributed by atoms with Crippen LogP contribution in [0.15, 0.2) is 18.2 Å². The summed E-state index contributed by atoms with van der Waals surface area (Å²) in [5.41, 5.74) is 0.263. The van der Waals surface area contributed by atoms with Gasteiger partial charge < -0.3 is 15.2 Å². The molecule has 0 spiro atoms. The molecule has 0 fully saturated rings. The van der Waals surface area contributed by atoms with Gasteiger partial charge in [0, 0.05) is 17.9 Å². The lowest BCUT2D eigenvalue weighted by atomic mass is 10.1. The fourth-order valence-corrected chi connectivity index (χ4v) is 2.01. The molecular formula is C12H17NO3S. The summed E-state index contributed by atoms with van der Waals surface area (Å²) in [6.45, 7) is 1.93. The molecule has 0 aromatic heterocycles. The number of hydrogen-bond acceptors (Lipinski definition) is 4. The van der Waals surface area contributed by atoms with Crippen LogP contribution in [0.4, 0.5) is 0 Å². The van der Waals surface area contributed by atoms with Gasteiger partial charge in [0.25, 0.3) is 5.91 Å². The molecule has 1 unspecified atom stereocenters. The summed E-state index contributed by atoms with van der Waals surface area (Å²) in [5, 5.41) is 12.5. The lowest BCUT2D eigenvalue weighted by Gasteiger charge is -2.13. The number of carbonyl (C=O) groups is 1. The van der Waals surface area contributed by atoms with E-state index in [0.29, 0.717) is 5.75 Å². The molecule has 1 rings (SSSR count). The van der Waals surface area contributed by atoms with Crippen molar-refractivity contribution >= 4 is 17.7 Å². The van der Waals surface area contributed by atoms with Crippen molar-refractivity contribution in [1.82, 2.24) is 5.32 Å². The van der Waals surface area contributed by atoms with E-state index in [1.54, 1.807) is 23.9 Å². The van der Waals surface area contributed by atoms with Crippen molar-refractivity contribution < 1.29 is 14.6 Å². The number of phenolic OH excluding ortho intramolecular Hbond substituents is 1. The van der Waals surface area contributed by atoms with Gasteiger partial charge in [0.2, 0.25) is 0 Å². The SMILES string of the molecule is COc1ccc(C(=O)NC(C)CSC)c(O)c1. The maximum atomic E-state index is 11.8. The normalized spacial score (nSPS) is 11.9. The summed E-state index contributed by atoms with van der Waals surface area (Å²) in [6.07, 6.45) is 1.98. The third kappa shape index (κ3) is 3.85. The zero-order valence-electron chi connectivity index (χ0n) is 10.2. The molecular weight excluding hydrogens is 238 g/mol. The van der Waals surface area contributed by atoms with E-state index in [4.69, 9.17) is 4.74 Å². The molecule has 0 aliphatic heterocycles. The van der Waals surface area contributed by atoms with Crippen LogP contribution >= 0.6 is 11.8 Å². The van der Waals surface area contributed by atoms with E-state index in [1.165, 1.54) is 13.2 Å².